The zero-order chi connectivity index (χ0) is 19.7. The molecule has 0 saturated carbocycles. The minimum Gasteiger partial charge on any atom is -0.351 e. The molecule has 2 N–H and O–H groups in total. The van der Waals surface area contributed by atoms with E-state index in [1.807, 2.05) is 30.3 Å². The van der Waals surface area contributed by atoms with Gasteiger partial charge in [-0.15, -0.1) is 0 Å². The van der Waals surface area contributed by atoms with Crippen molar-refractivity contribution in [2.75, 3.05) is 18.4 Å². The summed E-state index contributed by atoms with van der Waals surface area (Å²) in [6.45, 7) is 1.02. The number of fused-ring (bicyclic) bond motifs is 1. The number of piperidine rings is 1. The number of amides is 2. The lowest BCUT2D eigenvalue weighted by Gasteiger charge is -2.31. The quantitative estimate of drug-likeness (QED) is 0.683. The summed E-state index contributed by atoms with van der Waals surface area (Å²) < 4.78 is 13.2. The highest BCUT2D eigenvalue weighted by molar-refractivity contribution is 6.31. The molecule has 5 nitrogen and oxygen atoms in total. The first kappa shape index (κ1) is 18.5. The molecule has 0 atom stereocenters. The van der Waals surface area contributed by atoms with Crippen LogP contribution in [0.3, 0.4) is 0 Å². The number of anilines is 1. The highest BCUT2D eigenvalue weighted by Gasteiger charge is 2.28. The number of rotatable bonds is 3. The van der Waals surface area contributed by atoms with Gasteiger partial charge in [-0.3, -0.25) is 9.59 Å². The molecule has 2 aromatic carbocycles. The van der Waals surface area contributed by atoms with Crippen molar-refractivity contribution >= 4 is 40.0 Å². The van der Waals surface area contributed by atoms with Crippen LogP contribution < -0.4 is 5.32 Å². The van der Waals surface area contributed by atoms with Crippen molar-refractivity contribution in [3.63, 3.8) is 0 Å². The summed E-state index contributed by atoms with van der Waals surface area (Å²) in [6, 6.07) is 13.7. The van der Waals surface area contributed by atoms with E-state index in [-0.39, 0.29) is 22.8 Å². The second kappa shape index (κ2) is 7.64. The van der Waals surface area contributed by atoms with E-state index in [1.165, 1.54) is 18.2 Å². The molecule has 1 aromatic heterocycles. The van der Waals surface area contributed by atoms with Crippen molar-refractivity contribution in [3.8, 4) is 0 Å². The number of halogens is 2. The van der Waals surface area contributed by atoms with Gasteiger partial charge in [0.25, 0.3) is 5.91 Å². The maximum atomic E-state index is 13.2. The molecule has 0 unspecified atom stereocenters. The van der Waals surface area contributed by atoms with Gasteiger partial charge in [0.1, 0.15) is 11.5 Å². The van der Waals surface area contributed by atoms with E-state index in [2.05, 4.69) is 10.3 Å². The van der Waals surface area contributed by atoms with Gasteiger partial charge in [-0.05, 0) is 43.2 Å². The fraction of sp³-hybridized carbons (Fsp3) is 0.238. The Bertz CT molecular complexity index is 1010. The third kappa shape index (κ3) is 3.73. The van der Waals surface area contributed by atoms with Gasteiger partial charge in [-0.2, -0.15) is 0 Å². The van der Waals surface area contributed by atoms with Crippen molar-refractivity contribution in [2.45, 2.75) is 12.8 Å². The normalized spacial score (nSPS) is 15.0. The zero-order valence-corrected chi connectivity index (χ0v) is 15.8. The number of hydrogen-bond acceptors (Lipinski definition) is 2. The number of aromatic nitrogens is 1. The predicted octanol–water partition coefficient (Wildman–Crippen LogP) is 4.45. The topological polar surface area (TPSA) is 65.2 Å². The molecule has 4 rings (SSSR count). The third-order valence-corrected chi connectivity index (χ3v) is 5.39. The first-order valence-electron chi connectivity index (χ1n) is 9.14. The molecule has 0 spiro atoms. The molecule has 1 fully saturated rings. The number of carbonyl (C=O) groups is 2. The van der Waals surface area contributed by atoms with Crippen LogP contribution >= 0.6 is 11.6 Å². The Morgan fingerprint density at radius 2 is 1.86 bits per heavy atom. The number of aromatic amines is 1. The van der Waals surface area contributed by atoms with E-state index < -0.39 is 5.82 Å². The van der Waals surface area contributed by atoms with Gasteiger partial charge in [0.05, 0.1) is 5.02 Å². The molecule has 1 aliphatic heterocycles. The van der Waals surface area contributed by atoms with Gasteiger partial charge in [0, 0.05) is 35.6 Å². The van der Waals surface area contributed by atoms with Crippen LogP contribution in [0.4, 0.5) is 10.1 Å². The van der Waals surface area contributed by atoms with E-state index in [0.29, 0.717) is 37.3 Å². The molecular formula is C21H19ClFN3O2. The standard InChI is InChI=1S/C21H19ClFN3O2/c22-16-12-15(5-6-17(16)23)24-20(27)13-7-9-26(10-8-13)21(28)19-11-14-3-1-2-4-18(14)25-19/h1-6,11-13,25H,7-10H2,(H,24,27). The molecule has 1 saturated heterocycles. The van der Waals surface area contributed by atoms with Crippen LogP contribution in [-0.2, 0) is 4.79 Å². The number of nitrogens with zero attached hydrogens (tertiary/aromatic N) is 1. The summed E-state index contributed by atoms with van der Waals surface area (Å²) in [5, 5.41) is 3.74. The van der Waals surface area contributed by atoms with Crippen molar-refractivity contribution < 1.29 is 14.0 Å². The first-order valence-corrected chi connectivity index (χ1v) is 9.52. The van der Waals surface area contributed by atoms with E-state index >= 15 is 0 Å². The van der Waals surface area contributed by atoms with Gasteiger partial charge in [-0.1, -0.05) is 29.8 Å². The summed E-state index contributed by atoms with van der Waals surface area (Å²) >= 11 is 5.75. The smallest absolute Gasteiger partial charge is 0.270 e. The Morgan fingerprint density at radius 1 is 1.11 bits per heavy atom. The fourth-order valence-corrected chi connectivity index (χ4v) is 3.70. The Kier molecular flexibility index (Phi) is 5.05. The van der Waals surface area contributed by atoms with Gasteiger partial charge in [0.15, 0.2) is 0 Å². The van der Waals surface area contributed by atoms with Crippen LogP contribution in [0.15, 0.2) is 48.5 Å². The number of carbonyl (C=O) groups excluding carboxylic acids is 2. The Hall–Kier alpha value is -2.86. The lowest BCUT2D eigenvalue weighted by atomic mass is 9.95. The zero-order valence-electron chi connectivity index (χ0n) is 15.0. The van der Waals surface area contributed by atoms with Crippen LogP contribution in [-0.4, -0.2) is 34.8 Å². The molecule has 0 aliphatic carbocycles. The number of nitrogens with one attached hydrogen (secondary N) is 2. The molecule has 2 heterocycles. The van der Waals surface area contributed by atoms with Gasteiger partial charge >= 0.3 is 0 Å². The number of H-pyrrole nitrogens is 1. The molecular weight excluding hydrogens is 381 g/mol. The SMILES string of the molecule is O=C(Nc1ccc(F)c(Cl)c1)C1CCN(C(=O)c2cc3ccccc3[nH]2)CC1. The molecule has 7 heteroatoms. The Morgan fingerprint density at radius 3 is 2.57 bits per heavy atom. The summed E-state index contributed by atoms with van der Waals surface area (Å²) in [7, 11) is 0. The Balaban J connectivity index is 1.36. The van der Waals surface area contributed by atoms with Gasteiger partial charge in [-0.25, -0.2) is 4.39 Å². The summed E-state index contributed by atoms with van der Waals surface area (Å²) in [5.41, 5.74) is 1.95. The van der Waals surface area contributed by atoms with Crippen molar-refractivity contribution in [1.82, 2.24) is 9.88 Å². The van der Waals surface area contributed by atoms with E-state index in [0.717, 1.165) is 10.9 Å². The summed E-state index contributed by atoms with van der Waals surface area (Å²) in [6.07, 6.45) is 1.15. The monoisotopic (exact) mass is 399 g/mol. The number of benzene rings is 2. The fourth-order valence-electron chi connectivity index (χ4n) is 3.52. The molecule has 1 aliphatic rings. The maximum Gasteiger partial charge on any atom is 0.270 e. The van der Waals surface area contributed by atoms with E-state index in [4.69, 9.17) is 11.6 Å². The highest BCUT2D eigenvalue weighted by atomic mass is 35.5. The number of hydrogen-bond donors (Lipinski definition) is 2. The molecule has 0 radical (unpaired) electrons. The average molecular weight is 400 g/mol. The van der Waals surface area contributed by atoms with Crippen molar-refractivity contribution in [3.05, 3.63) is 65.1 Å². The first-order chi connectivity index (χ1) is 13.5. The Labute approximate surface area is 166 Å². The molecule has 3 aromatic rings. The molecule has 28 heavy (non-hydrogen) atoms. The average Bonchev–Trinajstić information content (AvgIpc) is 3.14. The molecule has 2 amide bonds. The predicted molar refractivity (Wildman–Crippen MR) is 107 cm³/mol. The van der Waals surface area contributed by atoms with Crippen LogP contribution in [0.5, 0.6) is 0 Å². The highest BCUT2D eigenvalue weighted by Crippen LogP contribution is 2.24. The number of para-hydroxylation sites is 1. The summed E-state index contributed by atoms with van der Waals surface area (Å²) in [5.74, 6) is -0.917. The molecule has 144 valence electrons. The lowest BCUT2D eigenvalue weighted by Crippen LogP contribution is -2.41. The van der Waals surface area contributed by atoms with Crippen molar-refractivity contribution in [2.24, 2.45) is 5.92 Å². The largest absolute Gasteiger partial charge is 0.351 e. The van der Waals surface area contributed by atoms with Gasteiger partial charge in [0.2, 0.25) is 5.91 Å². The van der Waals surface area contributed by atoms with Crippen molar-refractivity contribution in [1.29, 1.82) is 0 Å². The van der Waals surface area contributed by atoms with Gasteiger partial charge < -0.3 is 15.2 Å². The van der Waals surface area contributed by atoms with Crippen LogP contribution in [0.25, 0.3) is 10.9 Å². The minimum absolute atomic E-state index is 0.0310. The number of likely N-dealkylation sites (tertiary alicyclic amines) is 1. The van der Waals surface area contributed by atoms with Crippen LogP contribution in [0.2, 0.25) is 5.02 Å². The lowest BCUT2D eigenvalue weighted by molar-refractivity contribution is -0.121. The van der Waals surface area contributed by atoms with E-state index in [1.54, 1.807) is 4.90 Å². The van der Waals surface area contributed by atoms with E-state index in [9.17, 15) is 14.0 Å². The molecule has 0 bridgehead atoms. The summed E-state index contributed by atoms with van der Waals surface area (Å²) in [4.78, 5) is 30.1. The van der Waals surface area contributed by atoms with Crippen LogP contribution in [0, 0.1) is 11.7 Å². The third-order valence-electron chi connectivity index (χ3n) is 5.10. The maximum absolute atomic E-state index is 13.2. The second-order valence-corrected chi connectivity index (χ2v) is 7.36. The minimum atomic E-state index is -0.525. The van der Waals surface area contributed by atoms with Crippen LogP contribution in [0.1, 0.15) is 23.3 Å². The second-order valence-electron chi connectivity index (χ2n) is 6.95.